The Morgan fingerprint density at radius 1 is 1.18 bits per heavy atom. The molecule has 0 spiro atoms. The van der Waals surface area contributed by atoms with E-state index in [0.717, 1.165) is 31.2 Å². The van der Waals surface area contributed by atoms with Crippen molar-refractivity contribution in [3.8, 4) is 0 Å². The summed E-state index contributed by atoms with van der Waals surface area (Å²) >= 11 is 0. The zero-order chi connectivity index (χ0) is 14.9. The Balaban J connectivity index is 0.000000258. The maximum atomic E-state index is 10.1. The molecule has 3 rings (SSSR count). The second kappa shape index (κ2) is 10.6. The van der Waals surface area contributed by atoms with E-state index in [9.17, 15) is 4.79 Å². The molecule has 2 aromatic rings. The van der Waals surface area contributed by atoms with E-state index in [-0.39, 0.29) is 32.7 Å². The molecule has 1 aliphatic rings. The standard InChI is InChI=1S/C10H14N3O.C7H7.Y/c14-7-11-10-3-1-8(2-4-10)9-5-12-13-6-9;1-7-5-3-2-4-6-7;/h5-6,8,10H,1-4H2,(H,11,14)(H,12,13);2-6H,1H2;/q2*-1;. The number of rotatable bonds is 3. The first-order valence-electron chi connectivity index (χ1n) is 7.28. The number of hydrogen-bond acceptors (Lipinski definition) is 2. The Kier molecular flexibility index (Phi) is 9.10. The molecule has 1 aromatic heterocycles. The van der Waals surface area contributed by atoms with Gasteiger partial charge in [0.25, 0.3) is 0 Å². The number of nitrogens with zero attached hydrogens (tertiary/aromatic N) is 1. The predicted molar refractivity (Wildman–Crippen MR) is 83.3 cm³/mol. The van der Waals surface area contributed by atoms with Crippen LogP contribution >= 0.6 is 0 Å². The number of H-pyrrole nitrogens is 1. The number of carbonyl (C=O) groups excluding carboxylic acids is 1. The molecule has 1 amide bonds. The summed E-state index contributed by atoms with van der Waals surface area (Å²) in [5.74, 6) is 0.610. The van der Waals surface area contributed by atoms with E-state index in [0.29, 0.717) is 12.0 Å². The Hall–Kier alpha value is -1.13. The van der Waals surface area contributed by atoms with Crippen LogP contribution in [0, 0.1) is 6.92 Å². The van der Waals surface area contributed by atoms with Crippen LogP contribution in [0.4, 0.5) is 0 Å². The summed E-state index contributed by atoms with van der Waals surface area (Å²) in [6.45, 7) is 3.72. The third-order valence-electron chi connectivity index (χ3n) is 3.82. The third-order valence-corrected chi connectivity index (χ3v) is 3.82. The van der Waals surface area contributed by atoms with Gasteiger partial charge in [0.05, 0.1) is 6.20 Å². The molecule has 22 heavy (non-hydrogen) atoms. The van der Waals surface area contributed by atoms with E-state index < -0.39 is 0 Å². The van der Waals surface area contributed by atoms with Gasteiger partial charge in [-0.25, -0.2) is 0 Å². The molecule has 1 aliphatic carbocycles. The summed E-state index contributed by atoms with van der Waals surface area (Å²) < 4.78 is 0. The minimum absolute atomic E-state index is 0. The molecule has 5 heteroatoms. The molecule has 1 heterocycles. The Labute approximate surface area is 157 Å². The first-order chi connectivity index (χ1) is 10.3. The van der Waals surface area contributed by atoms with Gasteiger partial charge in [-0.1, -0.05) is 6.07 Å². The summed E-state index contributed by atoms with van der Waals surface area (Å²) in [5.41, 5.74) is 2.36. The van der Waals surface area contributed by atoms with Crippen molar-refractivity contribution in [2.45, 2.75) is 37.6 Å². The summed E-state index contributed by atoms with van der Waals surface area (Å²) in [5, 5.41) is 9.51. The number of amides is 1. The van der Waals surface area contributed by atoms with E-state index in [1.807, 2.05) is 42.7 Å². The normalized spacial score (nSPS) is 20.0. The van der Waals surface area contributed by atoms with Crippen molar-refractivity contribution >= 4 is 6.41 Å². The number of hydrogen-bond donors (Lipinski definition) is 2. The molecule has 1 aromatic carbocycles. The molecular weight excluding hydrogens is 351 g/mol. The van der Waals surface area contributed by atoms with Gasteiger partial charge in [0.1, 0.15) is 0 Å². The second-order valence-corrected chi connectivity index (χ2v) is 5.31. The summed E-state index contributed by atoms with van der Waals surface area (Å²) in [4.78, 5) is 10.1. The minimum atomic E-state index is 0. The van der Waals surface area contributed by atoms with Crippen LogP contribution < -0.4 is 5.32 Å². The van der Waals surface area contributed by atoms with Gasteiger partial charge in [-0.15, -0.1) is 12.1 Å². The molecule has 2 N–H and O–H groups in total. The van der Waals surface area contributed by atoms with Crippen molar-refractivity contribution < 1.29 is 37.5 Å². The molecule has 1 saturated carbocycles. The maximum absolute atomic E-state index is 10.1. The monoisotopic (exact) mass is 372 g/mol. The van der Waals surface area contributed by atoms with Crippen LogP contribution in [0.1, 0.15) is 42.7 Å². The van der Waals surface area contributed by atoms with Crippen LogP contribution in [0.2, 0.25) is 0 Å². The Morgan fingerprint density at radius 3 is 2.32 bits per heavy atom. The minimum Gasteiger partial charge on any atom is -0.527 e. The van der Waals surface area contributed by atoms with Crippen molar-refractivity contribution in [1.82, 2.24) is 15.5 Å². The van der Waals surface area contributed by atoms with Crippen LogP contribution in [-0.2, 0) is 37.5 Å². The molecule has 1 fully saturated rings. The summed E-state index contributed by atoms with van der Waals surface area (Å²) in [6.07, 6.45) is 9.97. The fourth-order valence-electron chi connectivity index (χ4n) is 2.62. The topological polar surface area (TPSA) is 57.8 Å². The summed E-state index contributed by atoms with van der Waals surface area (Å²) in [6, 6.07) is 10.2. The smallest absolute Gasteiger partial charge is 0.0522 e. The maximum Gasteiger partial charge on any atom is 0.0522 e. The first-order valence-corrected chi connectivity index (χ1v) is 7.28. The van der Waals surface area contributed by atoms with Crippen LogP contribution in [0.3, 0.4) is 0 Å². The average Bonchev–Trinajstić information content (AvgIpc) is 3.04. The van der Waals surface area contributed by atoms with Gasteiger partial charge in [-0.05, 0) is 43.2 Å². The SMILES string of the molecule is O=[C-]NC1CCC(c2cn[nH]c2)CC1.[CH2-]c1ccccc1.[Y]. The zero-order valence-electron chi connectivity index (χ0n) is 12.7. The fourth-order valence-corrected chi connectivity index (χ4v) is 2.62. The van der Waals surface area contributed by atoms with Gasteiger partial charge in [-0.2, -0.15) is 36.1 Å². The zero-order valence-corrected chi connectivity index (χ0v) is 15.5. The van der Waals surface area contributed by atoms with E-state index in [1.54, 1.807) is 6.41 Å². The molecule has 0 atom stereocenters. The van der Waals surface area contributed by atoms with Crippen LogP contribution in [0.15, 0.2) is 42.7 Å². The second-order valence-electron chi connectivity index (χ2n) is 5.31. The van der Waals surface area contributed by atoms with Crippen molar-refractivity contribution in [2.75, 3.05) is 0 Å². The largest absolute Gasteiger partial charge is 0.527 e. The van der Waals surface area contributed by atoms with Crippen molar-refractivity contribution in [1.29, 1.82) is 0 Å². The fraction of sp³-hybridized carbons (Fsp3) is 0.353. The molecule has 0 saturated heterocycles. The number of aromatic amines is 1. The van der Waals surface area contributed by atoms with Crippen molar-refractivity contribution in [3.05, 3.63) is 60.8 Å². The Morgan fingerprint density at radius 2 is 1.86 bits per heavy atom. The Bertz CT molecular complexity index is 508. The van der Waals surface area contributed by atoms with Gasteiger partial charge in [-0.3, -0.25) is 5.10 Å². The molecular formula is C17H21N3OY-2. The van der Waals surface area contributed by atoms with Gasteiger partial charge >= 0.3 is 0 Å². The van der Waals surface area contributed by atoms with Gasteiger partial charge in [0.2, 0.25) is 0 Å². The molecule has 0 aliphatic heterocycles. The molecule has 115 valence electrons. The van der Waals surface area contributed by atoms with E-state index in [2.05, 4.69) is 22.4 Å². The summed E-state index contributed by atoms with van der Waals surface area (Å²) in [7, 11) is 0. The van der Waals surface area contributed by atoms with Crippen molar-refractivity contribution in [2.24, 2.45) is 0 Å². The van der Waals surface area contributed by atoms with Crippen LogP contribution in [0.5, 0.6) is 0 Å². The van der Waals surface area contributed by atoms with Gasteiger partial charge in [0, 0.05) is 38.9 Å². The van der Waals surface area contributed by atoms with Gasteiger partial charge in [0.15, 0.2) is 0 Å². The molecule has 1 radical (unpaired) electrons. The van der Waals surface area contributed by atoms with E-state index in [1.165, 1.54) is 5.56 Å². The first kappa shape index (κ1) is 18.9. The average molecular weight is 372 g/mol. The molecule has 0 bridgehead atoms. The number of nitrogens with one attached hydrogen (secondary N) is 2. The third kappa shape index (κ3) is 6.33. The molecule has 4 nitrogen and oxygen atoms in total. The predicted octanol–water partition coefficient (Wildman–Crippen LogP) is 2.96. The molecule has 0 unspecified atom stereocenters. The van der Waals surface area contributed by atoms with Crippen LogP contribution in [0.25, 0.3) is 0 Å². The van der Waals surface area contributed by atoms with E-state index >= 15 is 0 Å². The number of benzene rings is 1. The quantitative estimate of drug-likeness (QED) is 0.643. The van der Waals surface area contributed by atoms with Crippen LogP contribution in [-0.4, -0.2) is 22.6 Å². The van der Waals surface area contributed by atoms with Gasteiger partial charge < -0.3 is 10.1 Å². The van der Waals surface area contributed by atoms with Crippen molar-refractivity contribution in [3.63, 3.8) is 0 Å². The number of aromatic nitrogens is 2. The van der Waals surface area contributed by atoms with E-state index in [4.69, 9.17) is 0 Å².